The summed E-state index contributed by atoms with van der Waals surface area (Å²) in [4.78, 5) is 44.5. The number of piperazine rings is 1. The van der Waals surface area contributed by atoms with E-state index in [1.807, 2.05) is 6.07 Å². The van der Waals surface area contributed by atoms with Gasteiger partial charge in [-0.3, -0.25) is 14.4 Å². The fraction of sp³-hybridized carbons (Fsp3) is 0.308. The smallest absolute Gasteiger partial charge is 0.295 e. The number of hydrazine groups is 1. The van der Waals surface area contributed by atoms with Crippen molar-refractivity contribution < 1.29 is 18.8 Å². The molecule has 0 radical (unpaired) electrons. The lowest BCUT2D eigenvalue weighted by Gasteiger charge is -2.34. The van der Waals surface area contributed by atoms with Gasteiger partial charge >= 0.3 is 0 Å². The fourth-order valence-corrected chi connectivity index (χ4v) is 3.81. The Morgan fingerprint density at radius 3 is 2.37 bits per heavy atom. The van der Waals surface area contributed by atoms with Gasteiger partial charge in [0.15, 0.2) is 5.84 Å². The highest BCUT2D eigenvalue weighted by atomic mass is 19.1. The minimum absolute atomic E-state index is 0.0415. The number of amidine groups is 1. The van der Waals surface area contributed by atoms with E-state index in [-0.39, 0.29) is 43.5 Å². The molecule has 11 nitrogen and oxygen atoms in total. The Bertz CT molecular complexity index is 1240. The molecule has 0 spiro atoms. The van der Waals surface area contributed by atoms with Gasteiger partial charge in [0.05, 0.1) is 6.54 Å². The first kappa shape index (κ1) is 28.3. The normalized spacial score (nSPS) is 13.6. The zero-order valence-electron chi connectivity index (χ0n) is 21.5. The summed E-state index contributed by atoms with van der Waals surface area (Å²) in [6, 6.07) is 12.4. The molecular weight excluding hydrogens is 491 g/mol. The first-order valence-corrected chi connectivity index (χ1v) is 12.1. The summed E-state index contributed by atoms with van der Waals surface area (Å²) in [5.74, 6) is 3.32. The monoisotopic (exact) mass is 524 g/mol. The lowest BCUT2D eigenvalue weighted by Crippen LogP contribution is -2.52. The van der Waals surface area contributed by atoms with Crippen LogP contribution in [0.1, 0.15) is 32.0 Å². The van der Waals surface area contributed by atoms with Crippen molar-refractivity contribution >= 4 is 23.4 Å². The molecule has 1 aliphatic rings. The second-order valence-electron chi connectivity index (χ2n) is 8.68. The van der Waals surface area contributed by atoms with E-state index in [1.165, 1.54) is 17.2 Å². The van der Waals surface area contributed by atoms with Crippen molar-refractivity contribution in [1.29, 1.82) is 0 Å². The Kier molecular flexibility index (Phi) is 9.91. The molecule has 2 heterocycles. The highest BCUT2D eigenvalue weighted by Crippen LogP contribution is 2.12. The number of hydrazone groups is 1. The molecule has 6 N–H and O–H groups in total. The number of H-pyrrole nitrogens is 1. The Morgan fingerprint density at radius 2 is 1.71 bits per heavy atom. The molecule has 3 rings (SSSR count). The van der Waals surface area contributed by atoms with Gasteiger partial charge in [-0.05, 0) is 44.3 Å². The second kappa shape index (κ2) is 13.3. The quantitative estimate of drug-likeness (QED) is 0.0994. The zero-order chi connectivity index (χ0) is 27.7. The number of nitrogens with zero attached hydrogens (tertiary/aromatic N) is 4. The van der Waals surface area contributed by atoms with Crippen molar-refractivity contribution in [3.05, 3.63) is 82.9 Å². The van der Waals surface area contributed by atoms with E-state index in [4.69, 9.17) is 11.6 Å². The van der Waals surface area contributed by atoms with Crippen LogP contribution >= 0.6 is 0 Å². The Morgan fingerprint density at radius 1 is 1.05 bits per heavy atom. The van der Waals surface area contributed by atoms with E-state index in [0.717, 1.165) is 17.3 Å². The number of likely N-dealkylation sites (N-methyl/N-ethyl adjacent to an activating group) is 1. The number of rotatable bonds is 8. The number of benzene rings is 1. The minimum atomic E-state index is -0.873. The molecule has 0 aliphatic carbocycles. The van der Waals surface area contributed by atoms with Crippen molar-refractivity contribution in [2.24, 2.45) is 16.7 Å². The number of carbonyl (C=O) groups is 3. The molecule has 202 valence electrons. The molecule has 1 aromatic heterocycles. The van der Waals surface area contributed by atoms with Crippen molar-refractivity contribution in [2.45, 2.75) is 6.92 Å². The molecule has 1 saturated heterocycles. The molecule has 1 aliphatic heterocycles. The van der Waals surface area contributed by atoms with Crippen molar-refractivity contribution in [3.8, 4) is 0 Å². The number of amides is 2. The van der Waals surface area contributed by atoms with Crippen molar-refractivity contribution in [1.82, 2.24) is 25.2 Å². The van der Waals surface area contributed by atoms with Crippen LogP contribution in [0.3, 0.4) is 0 Å². The third-order valence-corrected chi connectivity index (χ3v) is 5.99. The van der Waals surface area contributed by atoms with Gasteiger partial charge in [0, 0.05) is 61.3 Å². The van der Waals surface area contributed by atoms with Crippen LogP contribution < -0.4 is 16.9 Å². The highest BCUT2D eigenvalue weighted by Gasteiger charge is 2.29. The fourth-order valence-electron chi connectivity index (χ4n) is 3.81. The number of nitrogens with one attached hydrogen (secondary N) is 2. The van der Waals surface area contributed by atoms with Gasteiger partial charge in [-0.25, -0.2) is 15.4 Å². The molecule has 1 fully saturated rings. The molecule has 2 aromatic rings. The van der Waals surface area contributed by atoms with Gasteiger partial charge in [0.25, 0.3) is 17.6 Å². The summed E-state index contributed by atoms with van der Waals surface area (Å²) in [6.45, 7) is 3.59. The van der Waals surface area contributed by atoms with E-state index >= 15 is 0 Å². The molecule has 0 unspecified atom stereocenters. The number of aryl methyl sites for hydroxylation is 1. The standard InChI is InChI=1S/C26H33FN8O3/c1-18-22(24(28)32-35(29)11-10-30-2)9-8-21(27)16-20(17-31-18)23(36)26(38)34-14-12-33(13-15-34)25(37)19-6-4-3-5-7-19/h3-9,16-17,30-31H,10-15,29H2,1-2H3,(H2,28,32). The number of aromatic amines is 1. The molecule has 0 bridgehead atoms. The SMILES string of the molecule is CNCCN(N)/N=C(\N)c1ccc(F)cc(C(=O)C(=O)N2CCN(C(=O)c3ccccc3)CC2)c[nH]c1C. The number of nitrogens with two attached hydrogens (primary N) is 2. The number of halogens is 1. The third kappa shape index (κ3) is 7.37. The number of hydrogen-bond donors (Lipinski definition) is 4. The van der Waals surface area contributed by atoms with Crippen LogP contribution in [-0.2, 0) is 4.79 Å². The predicted octanol–water partition coefficient (Wildman–Crippen LogP) is 0.769. The van der Waals surface area contributed by atoms with Gasteiger partial charge in [-0.15, -0.1) is 5.10 Å². The molecule has 38 heavy (non-hydrogen) atoms. The Hall–Kier alpha value is -4.29. The average molecular weight is 525 g/mol. The summed E-state index contributed by atoms with van der Waals surface area (Å²) >= 11 is 0. The van der Waals surface area contributed by atoms with Crippen LogP contribution in [-0.4, -0.2) is 89.7 Å². The minimum Gasteiger partial charge on any atom is -0.382 e. The van der Waals surface area contributed by atoms with Gasteiger partial charge < -0.3 is 25.8 Å². The van der Waals surface area contributed by atoms with Gasteiger partial charge in [0.2, 0.25) is 0 Å². The van der Waals surface area contributed by atoms with Crippen LogP contribution in [0.4, 0.5) is 4.39 Å². The van der Waals surface area contributed by atoms with Crippen LogP contribution in [0.5, 0.6) is 0 Å². The summed E-state index contributed by atoms with van der Waals surface area (Å²) < 4.78 is 14.7. The zero-order valence-corrected chi connectivity index (χ0v) is 21.5. The molecule has 0 saturated carbocycles. The van der Waals surface area contributed by atoms with Crippen LogP contribution in [0.25, 0.3) is 0 Å². The summed E-state index contributed by atoms with van der Waals surface area (Å²) in [6.07, 6.45) is 1.26. The lowest BCUT2D eigenvalue weighted by atomic mass is 10.1. The van der Waals surface area contributed by atoms with Gasteiger partial charge in [0.1, 0.15) is 5.82 Å². The maximum absolute atomic E-state index is 14.7. The van der Waals surface area contributed by atoms with Crippen LogP contribution in [0.2, 0.25) is 0 Å². The summed E-state index contributed by atoms with van der Waals surface area (Å²) in [7, 11) is 1.77. The van der Waals surface area contributed by atoms with Crippen molar-refractivity contribution in [2.75, 3.05) is 46.3 Å². The van der Waals surface area contributed by atoms with E-state index < -0.39 is 17.5 Å². The molecular formula is C26H33FN8O3. The van der Waals surface area contributed by atoms with E-state index in [2.05, 4.69) is 15.4 Å². The molecule has 0 atom stereocenters. The number of Topliss-reactive ketones (excluding diaryl/α,β-unsaturated/α-hetero) is 1. The number of aromatic nitrogens is 1. The maximum Gasteiger partial charge on any atom is 0.295 e. The van der Waals surface area contributed by atoms with Crippen LogP contribution in [0, 0.1) is 12.7 Å². The average Bonchev–Trinajstić information content (AvgIpc) is 3.00. The summed E-state index contributed by atoms with van der Waals surface area (Å²) in [5, 5.41) is 8.20. The number of hydrogen-bond acceptors (Lipinski definition) is 7. The van der Waals surface area contributed by atoms with Crippen LogP contribution in [0.15, 0.2) is 59.8 Å². The Labute approximate surface area is 220 Å². The molecule has 2 amide bonds. The largest absolute Gasteiger partial charge is 0.382 e. The maximum atomic E-state index is 14.7. The van der Waals surface area contributed by atoms with Gasteiger partial charge in [-0.2, -0.15) is 0 Å². The van der Waals surface area contributed by atoms with E-state index in [9.17, 15) is 18.8 Å². The highest BCUT2D eigenvalue weighted by molar-refractivity contribution is 6.42. The van der Waals surface area contributed by atoms with Gasteiger partial charge in [-0.1, -0.05) is 18.2 Å². The first-order valence-electron chi connectivity index (χ1n) is 12.1. The third-order valence-electron chi connectivity index (χ3n) is 5.99. The number of ketones is 1. The van der Waals surface area contributed by atoms with E-state index in [0.29, 0.717) is 29.9 Å². The van der Waals surface area contributed by atoms with E-state index in [1.54, 1.807) is 43.1 Å². The lowest BCUT2D eigenvalue weighted by molar-refractivity contribution is -0.127. The molecule has 12 heteroatoms. The second-order valence-corrected chi connectivity index (χ2v) is 8.68. The molecule has 1 aromatic carbocycles. The Balaban J connectivity index is 1.75. The first-order chi connectivity index (χ1) is 18.2. The van der Waals surface area contributed by atoms with Crippen molar-refractivity contribution in [3.63, 3.8) is 0 Å². The summed E-state index contributed by atoms with van der Waals surface area (Å²) in [5.41, 5.74) is 7.31. The predicted molar refractivity (Wildman–Crippen MR) is 142 cm³/mol. The number of carbonyl (C=O) groups excluding carboxylic acids is 3. The topological polar surface area (TPSA) is 153 Å².